The van der Waals surface area contributed by atoms with Gasteiger partial charge < -0.3 is 4.90 Å². The number of urea groups is 1. The summed E-state index contributed by atoms with van der Waals surface area (Å²) in [6.07, 6.45) is 3.06. The Labute approximate surface area is 174 Å². The number of aromatic nitrogens is 1. The van der Waals surface area contributed by atoms with E-state index in [1.165, 1.54) is 4.90 Å². The lowest BCUT2D eigenvalue weighted by Crippen LogP contribution is -2.72. The summed E-state index contributed by atoms with van der Waals surface area (Å²) in [5, 5.41) is 6.95. The van der Waals surface area contributed by atoms with Crippen LogP contribution < -0.4 is 10.6 Å². The first-order chi connectivity index (χ1) is 14.0. The number of carbonyl (C=O) groups is 2. The average Bonchev–Trinajstić information content (AvgIpc) is 2.75. The summed E-state index contributed by atoms with van der Waals surface area (Å²) in [6.45, 7) is 2.07. The predicted octanol–water partition coefficient (Wildman–Crippen LogP) is 2.31. The molecular formula is C21H25N5O2S. The maximum Gasteiger partial charge on any atom is 0.327 e. The Kier molecular flexibility index (Phi) is 5.58. The van der Waals surface area contributed by atoms with E-state index >= 15 is 0 Å². The van der Waals surface area contributed by atoms with Gasteiger partial charge in [0.15, 0.2) is 0 Å². The van der Waals surface area contributed by atoms with Gasteiger partial charge in [0.05, 0.1) is 23.6 Å². The zero-order valence-electron chi connectivity index (χ0n) is 16.7. The van der Waals surface area contributed by atoms with Gasteiger partial charge in [-0.25, -0.2) is 4.79 Å². The third-order valence-electron chi connectivity index (χ3n) is 5.61. The normalized spacial score (nSPS) is 27.1. The minimum atomic E-state index is -0.385. The molecular weight excluding hydrogens is 386 g/mol. The maximum absolute atomic E-state index is 13.0. The molecule has 0 spiro atoms. The largest absolute Gasteiger partial charge is 0.327 e. The first-order valence-corrected chi connectivity index (χ1v) is 10.6. The SMILES string of the molecule is Cc1ccccc1C1NC(SCc2cccnc2)C2C(=O)N(C)C(=O)N(C)C2N1. The highest BCUT2D eigenvalue weighted by Gasteiger charge is 2.51. The van der Waals surface area contributed by atoms with E-state index < -0.39 is 0 Å². The Morgan fingerprint density at radius 1 is 1.10 bits per heavy atom. The van der Waals surface area contributed by atoms with Crippen LogP contribution in [0.4, 0.5) is 4.79 Å². The van der Waals surface area contributed by atoms with Crippen LogP contribution in [0.1, 0.15) is 22.9 Å². The summed E-state index contributed by atoms with van der Waals surface area (Å²) in [5.41, 5.74) is 3.37. The first-order valence-electron chi connectivity index (χ1n) is 9.60. The number of hydrogen-bond donors (Lipinski definition) is 2. The van der Waals surface area contributed by atoms with E-state index in [1.54, 1.807) is 37.0 Å². The van der Waals surface area contributed by atoms with Crippen molar-refractivity contribution in [2.24, 2.45) is 5.92 Å². The van der Waals surface area contributed by atoms with Crippen LogP contribution in [0.5, 0.6) is 0 Å². The smallest absolute Gasteiger partial charge is 0.311 e. The first kappa shape index (κ1) is 19.9. The zero-order valence-corrected chi connectivity index (χ0v) is 17.5. The molecule has 7 nitrogen and oxygen atoms in total. The van der Waals surface area contributed by atoms with Crippen LogP contribution in [0.2, 0.25) is 0 Å². The van der Waals surface area contributed by atoms with Gasteiger partial charge >= 0.3 is 6.03 Å². The molecule has 2 aliphatic rings. The molecule has 0 saturated carbocycles. The van der Waals surface area contributed by atoms with Gasteiger partial charge in [-0.15, -0.1) is 11.8 Å². The van der Waals surface area contributed by atoms with Crippen LogP contribution in [0, 0.1) is 12.8 Å². The molecule has 0 bridgehead atoms. The molecule has 4 unspecified atom stereocenters. The standard InChI is InChI=1S/C21H25N5O2S/c1-13-7-4-5-9-15(13)17-23-18-16(20(27)26(3)21(28)25(18)2)19(24-17)29-12-14-8-6-10-22-11-14/h4-11,16-19,23-24H,12H2,1-3H3. The molecule has 4 rings (SSSR count). The quantitative estimate of drug-likeness (QED) is 0.804. The third-order valence-corrected chi connectivity index (χ3v) is 6.90. The Morgan fingerprint density at radius 3 is 2.62 bits per heavy atom. The van der Waals surface area contributed by atoms with Gasteiger partial charge in [-0.3, -0.25) is 25.3 Å². The predicted molar refractivity (Wildman–Crippen MR) is 113 cm³/mol. The van der Waals surface area contributed by atoms with E-state index in [-0.39, 0.29) is 35.6 Å². The van der Waals surface area contributed by atoms with Gasteiger partial charge in [0.25, 0.3) is 0 Å². The maximum atomic E-state index is 13.0. The molecule has 4 atom stereocenters. The molecule has 8 heteroatoms. The highest BCUT2D eigenvalue weighted by molar-refractivity contribution is 7.99. The summed E-state index contributed by atoms with van der Waals surface area (Å²) < 4.78 is 0. The van der Waals surface area contributed by atoms with Crippen LogP contribution in [-0.4, -0.2) is 52.4 Å². The van der Waals surface area contributed by atoms with Crippen LogP contribution in [0.3, 0.4) is 0 Å². The molecule has 0 radical (unpaired) electrons. The van der Waals surface area contributed by atoms with E-state index in [0.717, 1.165) is 22.4 Å². The number of fused-ring (bicyclic) bond motifs is 1. The lowest BCUT2D eigenvalue weighted by Gasteiger charge is -2.50. The molecule has 1 aromatic carbocycles. The molecule has 2 aromatic rings. The number of imide groups is 1. The Balaban J connectivity index is 1.64. The molecule has 2 fully saturated rings. The average molecular weight is 412 g/mol. The zero-order chi connectivity index (χ0) is 20.5. The number of nitrogens with zero attached hydrogens (tertiary/aromatic N) is 3. The summed E-state index contributed by atoms with van der Waals surface area (Å²) >= 11 is 1.67. The number of rotatable bonds is 4. The number of benzene rings is 1. The molecule has 3 heterocycles. The van der Waals surface area contributed by atoms with E-state index in [9.17, 15) is 9.59 Å². The van der Waals surface area contributed by atoms with Crippen LogP contribution in [0.25, 0.3) is 0 Å². The summed E-state index contributed by atoms with van der Waals surface area (Å²) in [5.74, 6) is 0.179. The van der Waals surface area contributed by atoms with E-state index in [1.807, 2.05) is 30.5 Å². The van der Waals surface area contributed by atoms with Crippen molar-refractivity contribution in [3.8, 4) is 0 Å². The third kappa shape index (κ3) is 3.75. The fourth-order valence-electron chi connectivity index (χ4n) is 3.96. The number of nitrogens with one attached hydrogen (secondary N) is 2. The minimum absolute atomic E-state index is 0.156. The number of hydrogen-bond acceptors (Lipinski definition) is 6. The van der Waals surface area contributed by atoms with Crippen LogP contribution >= 0.6 is 11.8 Å². The number of carbonyl (C=O) groups excluding carboxylic acids is 2. The molecule has 2 saturated heterocycles. The second-order valence-electron chi connectivity index (χ2n) is 7.48. The van der Waals surface area contributed by atoms with Gasteiger partial charge in [0.1, 0.15) is 0 Å². The summed E-state index contributed by atoms with van der Waals surface area (Å²) in [4.78, 5) is 32.6. The van der Waals surface area contributed by atoms with Crippen molar-refractivity contribution in [2.45, 2.75) is 30.4 Å². The molecule has 1 aromatic heterocycles. The second kappa shape index (κ2) is 8.14. The fraction of sp³-hybridized carbons (Fsp3) is 0.381. The molecule has 2 N–H and O–H groups in total. The summed E-state index contributed by atoms with van der Waals surface area (Å²) in [7, 11) is 3.30. The van der Waals surface area contributed by atoms with Crippen molar-refractivity contribution in [3.63, 3.8) is 0 Å². The van der Waals surface area contributed by atoms with E-state index in [4.69, 9.17) is 0 Å². The van der Waals surface area contributed by atoms with E-state index in [0.29, 0.717) is 0 Å². The van der Waals surface area contributed by atoms with Gasteiger partial charge in [0, 0.05) is 32.2 Å². The highest BCUT2D eigenvalue weighted by Crippen LogP contribution is 2.35. The van der Waals surface area contributed by atoms with Crippen molar-refractivity contribution in [2.75, 3.05) is 14.1 Å². The van der Waals surface area contributed by atoms with Crippen molar-refractivity contribution >= 4 is 23.7 Å². The van der Waals surface area contributed by atoms with E-state index in [2.05, 4.69) is 34.7 Å². The lowest BCUT2D eigenvalue weighted by atomic mass is 9.95. The Bertz CT molecular complexity index is 909. The Hall–Kier alpha value is -2.42. The molecule has 0 aliphatic carbocycles. The van der Waals surface area contributed by atoms with Crippen LogP contribution in [0.15, 0.2) is 48.8 Å². The number of pyridine rings is 1. The molecule has 2 aliphatic heterocycles. The van der Waals surface area contributed by atoms with Crippen LogP contribution in [-0.2, 0) is 10.5 Å². The lowest BCUT2D eigenvalue weighted by molar-refractivity contribution is -0.140. The van der Waals surface area contributed by atoms with Crippen molar-refractivity contribution in [1.29, 1.82) is 0 Å². The summed E-state index contributed by atoms with van der Waals surface area (Å²) in [6, 6.07) is 11.8. The minimum Gasteiger partial charge on any atom is -0.311 e. The van der Waals surface area contributed by atoms with Gasteiger partial charge in [-0.1, -0.05) is 30.3 Å². The highest BCUT2D eigenvalue weighted by atomic mass is 32.2. The second-order valence-corrected chi connectivity index (χ2v) is 8.61. The van der Waals surface area contributed by atoms with Gasteiger partial charge in [-0.05, 0) is 29.7 Å². The number of thioether (sulfide) groups is 1. The van der Waals surface area contributed by atoms with Gasteiger partial charge in [0.2, 0.25) is 5.91 Å². The topological polar surface area (TPSA) is 77.6 Å². The van der Waals surface area contributed by atoms with Crippen molar-refractivity contribution in [3.05, 3.63) is 65.5 Å². The Morgan fingerprint density at radius 2 is 1.90 bits per heavy atom. The number of amides is 3. The fourth-order valence-corrected chi connectivity index (χ4v) is 5.21. The number of aryl methyl sites for hydroxylation is 1. The molecule has 152 valence electrons. The molecule has 29 heavy (non-hydrogen) atoms. The molecule has 3 amide bonds. The van der Waals surface area contributed by atoms with Crippen molar-refractivity contribution in [1.82, 2.24) is 25.4 Å². The van der Waals surface area contributed by atoms with Crippen molar-refractivity contribution < 1.29 is 9.59 Å². The van der Waals surface area contributed by atoms with Gasteiger partial charge in [-0.2, -0.15) is 0 Å². The monoisotopic (exact) mass is 411 g/mol.